The Morgan fingerprint density at radius 1 is 0.912 bits per heavy atom. The second kappa shape index (κ2) is 10.2. The lowest BCUT2D eigenvalue weighted by Gasteiger charge is -2.32. The SMILES string of the molecule is Cc1ccc(Cl)c(NC(=O)N2CCC(S(=O)(=O)c3ccc(-c4ccc(Cl)cc4Cl)cc3)CC2)c1. The highest BCUT2D eigenvalue weighted by molar-refractivity contribution is 7.92. The molecule has 0 aromatic heterocycles. The summed E-state index contributed by atoms with van der Waals surface area (Å²) in [7, 11) is -3.53. The van der Waals surface area contributed by atoms with Crippen LogP contribution >= 0.6 is 34.8 Å². The van der Waals surface area contributed by atoms with Gasteiger partial charge in [0.2, 0.25) is 0 Å². The minimum absolute atomic E-state index is 0.260. The van der Waals surface area contributed by atoms with Crippen molar-refractivity contribution in [2.24, 2.45) is 0 Å². The maximum Gasteiger partial charge on any atom is 0.321 e. The Morgan fingerprint density at radius 2 is 1.59 bits per heavy atom. The maximum atomic E-state index is 13.2. The van der Waals surface area contributed by atoms with Gasteiger partial charge in [0.05, 0.1) is 20.9 Å². The number of aryl methyl sites for hydroxylation is 1. The van der Waals surface area contributed by atoms with Crippen LogP contribution in [0.1, 0.15) is 18.4 Å². The van der Waals surface area contributed by atoms with Gasteiger partial charge in [-0.25, -0.2) is 13.2 Å². The number of sulfone groups is 1. The Hall–Kier alpha value is -2.25. The summed E-state index contributed by atoms with van der Waals surface area (Å²) in [4.78, 5) is 14.5. The van der Waals surface area contributed by atoms with Crippen molar-refractivity contribution >= 4 is 56.4 Å². The van der Waals surface area contributed by atoms with E-state index in [0.717, 1.165) is 16.7 Å². The van der Waals surface area contributed by atoms with Crippen molar-refractivity contribution in [3.63, 3.8) is 0 Å². The maximum absolute atomic E-state index is 13.2. The van der Waals surface area contributed by atoms with E-state index < -0.39 is 15.1 Å². The summed E-state index contributed by atoms with van der Waals surface area (Å²) in [6.45, 7) is 2.61. The van der Waals surface area contributed by atoms with Crippen LogP contribution < -0.4 is 5.32 Å². The molecule has 0 aliphatic carbocycles. The minimum Gasteiger partial charge on any atom is -0.324 e. The number of hydrogen-bond donors (Lipinski definition) is 1. The van der Waals surface area contributed by atoms with E-state index in [4.69, 9.17) is 34.8 Å². The highest BCUT2D eigenvalue weighted by Crippen LogP contribution is 2.32. The largest absolute Gasteiger partial charge is 0.324 e. The molecule has 34 heavy (non-hydrogen) atoms. The van der Waals surface area contributed by atoms with Crippen molar-refractivity contribution in [1.29, 1.82) is 0 Å². The van der Waals surface area contributed by atoms with Gasteiger partial charge >= 0.3 is 6.03 Å². The molecule has 1 saturated heterocycles. The molecule has 1 N–H and O–H groups in total. The van der Waals surface area contributed by atoms with Gasteiger partial charge in [-0.15, -0.1) is 0 Å². The number of hydrogen-bond acceptors (Lipinski definition) is 3. The van der Waals surface area contributed by atoms with Crippen molar-refractivity contribution in [3.8, 4) is 11.1 Å². The normalized spacial score (nSPS) is 14.8. The van der Waals surface area contributed by atoms with Gasteiger partial charge in [-0.05, 0) is 67.3 Å². The van der Waals surface area contributed by atoms with Crippen LogP contribution in [-0.4, -0.2) is 37.7 Å². The number of anilines is 1. The van der Waals surface area contributed by atoms with Gasteiger partial charge in [-0.3, -0.25) is 0 Å². The highest BCUT2D eigenvalue weighted by atomic mass is 35.5. The summed E-state index contributed by atoms with van der Waals surface area (Å²) in [6.07, 6.45) is 0.726. The van der Waals surface area contributed by atoms with Gasteiger partial charge < -0.3 is 10.2 Å². The van der Waals surface area contributed by atoms with Gasteiger partial charge in [0.25, 0.3) is 0 Å². The molecule has 5 nitrogen and oxygen atoms in total. The van der Waals surface area contributed by atoms with Gasteiger partial charge in [-0.1, -0.05) is 59.1 Å². The third-order valence-electron chi connectivity index (χ3n) is 5.96. The molecule has 2 amide bonds. The molecule has 3 aromatic rings. The first-order valence-electron chi connectivity index (χ1n) is 10.8. The fourth-order valence-electron chi connectivity index (χ4n) is 4.04. The van der Waals surface area contributed by atoms with E-state index in [1.807, 2.05) is 13.0 Å². The third kappa shape index (κ3) is 5.36. The minimum atomic E-state index is -3.53. The fourth-order valence-corrected chi connectivity index (χ4v) is 6.45. The number of nitrogens with one attached hydrogen (secondary N) is 1. The molecule has 0 unspecified atom stereocenters. The van der Waals surface area contributed by atoms with Gasteiger partial charge in [0.15, 0.2) is 9.84 Å². The quantitative estimate of drug-likeness (QED) is 0.386. The van der Waals surface area contributed by atoms with E-state index in [0.29, 0.717) is 46.7 Å². The molecule has 0 radical (unpaired) electrons. The number of piperidine rings is 1. The van der Waals surface area contributed by atoms with E-state index in [2.05, 4.69) is 5.32 Å². The van der Waals surface area contributed by atoms with Crippen LogP contribution in [0.2, 0.25) is 15.1 Å². The summed E-state index contributed by atoms with van der Waals surface area (Å²) in [5, 5.41) is 3.77. The number of nitrogens with zero attached hydrogens (tertiary/aromatic N) is 1. The Bertz CT molecular complexity index is 1320. The third-order valence-corrected chi connectivity index (χ3v) is 9.11. The number of halogens is 3. The first-order valence-corrected chi connectivity index (χ1v) is 13.4. The molecular weight excluding hydrogens is 515 g/mol. The molecule has 1 aliphatic rings. The Kier molecular flexibility index (Phi) is 7.43. The predicted octanol–water partition coefficient (Wildman–Crippen LogP) is 7.09. The summed E-state index contributed by atoms with van der Waals surface area (Å²) in [6, 6.07) is 17.0. The molecule has 0 bridgehead atoms. The van der Waals surface area contributed by atoms with Crippen molar-refractivity contribution in [1.82, 2.24) is 4.90 Å². The zero-order chi connectivity index (χ0) is 24.5. The highest BCUT2D eigenvalue weighted by Gasteiger charge is 2.33. The zero-order valence-corrected chi connectivity index (χ0v) is 21.5. The van der Waals surface area contributed by atoms with Crippen LogP contribution in [0, 0.1) is 6.92 Å². The Balaban J connectivity index is 1.41. The van der Waals surface area contributed by atoms with Gasteiger partial charge in [-0.2, -0.15) is 0 Å². The number of amides is 2. The molecule has 9 heteroatoms. The van der Waals surface area contributed by atoms with Crippen molar-refractivity contribution in [3.05, 3.63) is 81.3 Å². The van der Waals surface area contributed by atoms with E-state index in [1.54, 1.807) is 59.5 Å². The average Bonchev–Trinajstić information content (AvgIpc) is 2.81. The molecule has 4 rings (SSSR count). The first-order chi connectivity index (χ1) is 16.1. The fraction of sp³-hybridized carbons (Fsp3) is 0.240. The van der Waals surface area contributed by atoms with E-state index >= 15 is 0 Å². The van der Waals surface area contributed by atoms with E-state index in [1.165, 1.54) is 0 Å². The molecule has 1 fully saturated rings. The summed E-state index contributed by atoms with van der Waals surface area (Å²) in [5.41, 5.74) is 3.11. The molecule has 1 heterocycles. The zero-order valence-electron chi connectivity index (χ0n) is 18.4. The number of rotatable bonds is 4. The predicted molar refractivity (Wildman–Crippen MR) is 139 cm³/mol. The van der Waals surface area contributed by atoms with Gasteiger partial charge in [0, 0.05) is 28.7 Å². The van der Waals surface area contributed by atoms with E-state index in [9.17, 15) is 13.2 Å². The molecule has 3 aromatic carbocycles. The molecule has 0 spiro atoms. The van der Waals surface area contributed by atoms with Crippen LogP contribution in [0.25, 0.3) is 11.1 Å². The lowest BCUT2D eigenvalue weighted by atomic mass is 10.1. The lowest BCUT2D eigenvalue weighted by molar-refractivity contribution is 0.200. The Labute approximate surface area is 214 Å². The summed E-state index contributed by atoms with van der Waals surface area (Å²) in [5.74, 6) is 0. The standard InChI is InChI=1S/C25H23Cl3N2O3S/c1-16-2-9-22(27)24(14-16)29-25(31)30-12-10-20(11-13-30)34(32,33)19-6-3-17(4-7-19)21-8-5-18(26)15-23(21)28/h2-9,14-15,20H,10-13H2,1H3,(H,29,31). The number of urea groups is 1. The van der Waals surface area contributed by atoms with Crippen LogP contribution in [0.4, 0.5) is 10.5 Å². The first kappa shape index (κ1) is 24.9. The van der Waals surface area contributed by atoms with Crippen molar-refractivity contribution in [2.45, 2.75) is 29.9 Å². The number of carbonyl (C=O) groups is 1. The monoisotopic (exact) mass is 536 g/mol. The van der Waals surface area contributed by atoms with Crippen LogP contribution in [0.5, 0.6) is 0 Å². The summed E-state index contributed by atoms with van der Waals surface area (Å²) < 4.78 is 26.4. The second-order valence-electron chi connectivity index (χ2n) is 8.29. The van der Waals surface area contributed by atoms with Crippen molar-refractivity contribution < 1.29 is 13.2 Å². The molecule has 178 valence electrons. The molecule has 1 aliphatic heterocycles. The van der Waals surface area contributed by atoms with Crippen LogP contribution in [0.3, 0.4) is 0 Å². The van der Waals surface area contributed by atoms with Crippen LogP contribution in [0.15, 0.2) is 65.6 Å². The second-order valence-corrected chi connectivity index (χ2v) is 11.8. The number of likely N-dealkylation sites (tertiary alicyclic amines) is 1. The smallest absolute Gasteiger partial charge is 0.321 e. The molecule has 0 saturated carbocycles. The van der Waals surface area contributed by atoms with Crippen molar-refractivity contribution in [2.75, 3.05) is 18.4 Å². The number of carbonyl (C=O) groups excluding carboxylic acids is 1. The van der Waals surface area contributed by atoms with Gasteiger partial charge in [0.1, 0.15) is 0 Å². The number of benzene rings is 3. The topological polar surface area (TPSA) is 66.5 Å². The summed E-state index contributed by atoms with van der Waals surface area (Å²) >= 11 is 18.4. The molecule has 0 atom stereocenters. The average molecular weight is 538 g/mol. The lowest BCUT2D eigenvalue weighted by Crippen LogP contribution is -2.44. The molecular formula is C25H23Cl3N2O3S. The van der Waals surface area contributed by atoms with E-state index in [-0.39, 0.29) is 10.9 Å². The van der Waals surface area contributed by atoms with Crippen LogP contribution in [-0.2, 0) is 9.84 Å². The Morgan fingerprint density at radius 3 is 2.24 bits per heavy atom.